The number of fused-ring (bicyclic) bond motifs is 2. The summed E-state index contributed by atoms with van der Waals surface area (Å²) in [7, 11) is 0. The Bertz CT molecular complexity index is 704. The van der Waals surface area contributed by atoms with Gasteiger partial charge < -0.3 is 9.47 Å². The summed E-state index contributed by atoms with van der Waals surface area (Å²) in [6.45, 7) is 14.2. The Balaban J connectivity index is 1.62. The predicted octanol–water partition coefficient (Wildman–Crippen LogP) is 5.59. The normalized spacial score (nSPS) is 37.4. The second kappa shape index (κ2) is 10.0. The zero-order valence-electron chi connectivity index (χ0n) is 20.9. The molecule has 2 saturated carbocycles. The van der Waals surface area contributed by atoms with Crippen LogP contribution in [0.15, 0.2) is 10.2 Å². The highest BCUT2D eigenvalue weighted by Gasteiger charge is 2.57. The van der Waals surface area contributed by atoms with E-state index < -0.39 is 0 Å². The van der Waals surface area contributed by atoms with E-state index >= 15 is 0 Å². The minimum Gasteiger partial charge on any atom is -0.466 e. The third-order valence-corrected chi connectivity index (χ3v) is 8.39. The van der Waals surface area contributed by atoms with Crippen molar-refractivity contribution in [2.24, 2.45) is 44.7 Å². The molecule has 1 aliphatic heterocycles. The van der Waals surface area contributed by atoms with Gasteiger partial charge in [0.1, 0.15) is 0 Å². The van der Waals surface area contributed by atoms with Gasteiger partial charge in [-0.3, -0.25) is 9.59 Å². The van der Waals surface area contributed by atoms with Crippen molar-refractivity contribution in [2.75, 3.05) is 13.2 Å². The van der Waals surface area contributed by atoms with Crippen LogP contribution in [-0.4, -0.2) is 36.6 Å². The van der Waals surface area contributed by atoms with E-state index in [2.05, 4.69) is 51.7 Å². The van der Waals surface area contributed by atoms with E-state index in [-0.39, 0.29) is 22.8 Å². The van der Waals surface area contributed by atoms with E-state index in [1.807, 2.05) is 0 Å². The molecular formula is C26H42N2O4. The van der Waals surface area contributed by atoms with Crippen molar-refractivity contribution >= 4 is 23.4 Å². The Morgan fingerprint density at radius 2 is 1.06 bits per heavy atom. The summed E-state index contributed by atoms with van der Waals surface area (Å²) in [5.74, 6) is 1.89. The highest BCUT2D eigenvalue weighted by atomic mass is 16.5. The minimum absolute atomic E-state index is 0.167. The van der Waals surface area contributed by atoms with Crippen molar-refractivity contribution in [1.82, 2.24) is 0 Å². The number of hydrogen-bond donors (Lipinski definition) is 0. The van der Waals surface area contributed by atoms with Crippen LogP contribution in [0.25, 0.3) is 0 Å². The van der Waals surface area contributed by atoms with Crippen LogP contribution in [0.1, 0.15) is 92.9 Å². The Hall–Kier alpha value is -1.72. The molecule has 0 bridgehead atoms. The maximum Gasteiger partial charge on any atom is 0.305 e. The Labute approximate surface area is 193 Å². The van der Waals surface area contributed by atoms with Crippen molar-refractivity contribution in [3.8, 4) is 0 Å². The predicted molar refractivity (Wildman–Crippen MR) is 127 cm³/mol. The molecule has 0 amide bonds. The van der Waals surface area contributed by atoms with E-state index in [4.69, 9.17) is 9.47 Å². The molecule has 2 aliphatic carbocycles. The average Bonchev–Trinajstić information content (AvgIpc) is 3.44. The quantitative estimate of drug-likeness (QED) is 0.455. The van der Waals surface area contributed by atoms with Gasteiger partial charge in [0, 0.05) is 24.3 Å². The van der Waals surface area contributed by atoms with Gasteiger partial charge >= 0.3 is 11.9 Å². The summed E-state index contributed by atoms with van der Waals surface area (Å²) >= 11 is 0. The van der Waals surface area contributed by atoms with Crippen LogP contribution in [0.2, 0.25) is 0 Å². The second-order valence-corrected chi connectivity index (χ2v) is 11.4. The number of carbonyl (C=O) groups is 2. The van der Waals surface area contributed by atoms with E-state index in [0.29, 0.717) is 62.6 Å². The molecule has 0 aromatic carbocycles. The Morgan fingerprint density at radius 1 is 0.688 bits per heavy atom. The maximum atomic E-state index is 12.0. The SMILES string of the molecule is C/C1=N/N=C(/C)C[C@H]2[C@H](CCOC(=O)CCCCC(=O)OCC[C@H]3[C@@H](C1)C3(C)C)C2(C)C. The lowest BCUT2D eigenvalue weighted by atomic mass is 10.1. The van der Waals surface area contributed by atoms with Crippen LogP contribution < -0.4 is 0 Å². The van der Waals surface area contributed by atoms with Crippen LogP contribution in [0, 0.1) is 34.5 Å². The van der Waals surface area contributed by atoms with Gasteiger partial charge in [0.25, 0.3) is 0 Å². The lowest BCUT2D eigenvalue weighted by molar-refractivity contribution is -0.146. The molecule has 0 aromatic rings. The number of nitrogens with zero attached hydrogens (tertiary/aromatic N) is 2. The molecule has 6 nitrogen and oxygen atoms in total. The first-order chi connectivity index (χ1) is 15.0. The van der Waals surface area contributed by atoms with Crippen LogP contribution in [0.3, 0.4) is 0 Å². The molecule has 32 heavy (non-hydrogen) atoms. The molecule has 0 aromatic heterocycles. The fourth-order valence-corrected chi connectivity index (χ4v) is 5.84. The van der Waals surface area contributed by atoms with Gasteiger partial charge in [0.2, 0.25) is 0 Å². The van der Waals surface area contributed by atoms with E-state index in [0.717, 1.165) is 37.1 Å². The molecular weight excluding hydrogens is 404 g/mol. The van der Waals surface area contributed by atoms with E-state index in [1.165, 1.54) is 0 Å². The van der Waals surface area contributed by atoms with Crippen molar-refractivity contribution in [2.45, 2.75) is 92.9 Å². The van der Waals surface area contributed by atoms with Gasteiger partial charge in [-0.2, -0.15) is 10.2 Å². The first-order valence-electron chi connectivity index (χ1n) is 12.4. The van der Waals surface area contributed by atoms with Crippen molar-refractivity contribution in [3.05, 3.63) is 0 Å². The average molecular weight is 447 g/mol. The van der Waals surface area contributed by atoms with E-state index in [1.54, 1.807) is 0 Å². The zero-order valence-corrected chi connectivity index (χ0v) is 20.9. The van der Waals surface area contributed by atoms with Crippen molar-refractivity contribution in [1.29, 1.82) is 0 Å². The highest BCUT2D eigenvalue weighted by Crippen LogP contribution is 2.62. The molecule has 0 saturated heterocycles. The number of hydrogen-bond acceptors (Lipinski definition) is 6. The molecule has 6 heteroatoms. The molecule has 0 spiro atoms. The lowest BCUT2D eigenvalue weighted by Crippen LogP contribution is -2.09. The molecule has 180 valence electrons. The Morgan fingerprint density at radius 3 is 1.44 bits per heavy atom. The van der Waals surface area contributed by atoms with Gasteiger partial charge in [0.15, 0.2) is 0 Å². The molecule has 0 radical (unpaired) electrons. The molecule has 0 unspecified atom stereocenters. The van der Waals surface area contributed by atoms with Crippen LogP contribution >= 0.6 is 0 Å². The summed E-state index contributed by atoms with van der Waals surface area (Å²) in [6, 6.07) is 0. The maximum absolute atomic E-state index is 12.0. The number of rotatable bonds is 0. The third-order valence-electron chi connectivity index (χ3n) is 8.39. The highest BCUT2D eigenvalue weighted by molar-refractivity contribution is 5.86. The van der Waals surface area contributed by atoms with Crippen molar-refractivity contribution in [3.63, 3.8) is 0 Å². The Kier molecular flexibility index (Phi) is 7.82. The second-order valence-electron chi connectivity index (χ2n) is 11.4. The van der Waals surface area contributed by atoms with Crippen LogP contribution in [0.5, 0.6) is 0 Å². The largest absolute Gasteiger partial charge is 0.466 e. The standard InChI is InChI=1S/C26H42N2O4/c1-17-15-21-19(25(21,3)4)11-13-31-23(29)9-7-8-10-24(30)32-14-12-20-22(26(20,5)6)16-18(2)28-27-17/h19-22H,7-16H2,1-6H3/b27-17-,28-18-/t19-,20-,21-,22+/m0/s1. The van der Waals surface area contributed by atoms with Crippen LogP contribution in [0.4, 0.5) is 0 Å². The van der Waals surface area contributed by atoms with Gasteiger partial charge in [-0.25, -0.2) is 0 Å². The minimum atomic E-state index is -0.167. The summed E-state index contributed by atoms with van der Waals surface area (Å²) < 4.78 is 10.9. The molecule has 3 rings (SSSR count). The molecule has 0 N–H and O–H groups in total. The summed E-state index contributed by atoms with van der Waals surface area (Å²) in [5, 5.41) is 9.07. The number of esters is 2. The van der Waals surface area contributed by atoms with E-state index in [9.17, 15) is 9.59 Å². The zero-order chi connectivity index (χ0) is 23.5. The van der Waals surface area contributed by atoms with Gasteiger partial charge in [-0.1, -0.05) is 27.7 Å². The van der Waals surface area contributed by atoms with Crippen molar-refractivity contribution < 1.29 is 19.1 Å². The monoisotopic (exact) mass is 446 g/mol. The number of ether oxygens (including phenoxy) is 2. The summed E-state index contributed by atoms with van der Waals surface area (Å²) in [5.41, 5.74) is 2.65. The lowest BCUT2D eigenvalue weighted by Gasteiger charge is -2.07. The first kappa shape index (κ1) is 24.9. The number of carbonyl (C=O) groups excluding carboxylic acids is 2. The molecule has 3 aliphatic rings. The first-order valence-corrected chi connectivity index (χ1v) is 12.4. The summed E-state index contributed by atoms with van der Waals surface area (Å²) in [4.78, 5) is 24.0. The topological polar surface area (TPSA) is 77.3 Å². The van der Waals surface area contributed by atoms with Gasteiger partial charge in [-0.05, 0) is 86.9 Å². The van der Waals surface area contributed by atoms with Gasteiger partial charge in [0.05, 0.1) is 13.2 Å². The fourth-order valence-electron chi connectivity index (χ4n) is 5.84. The molecule has 1 heterocycles. The third kappa shape index (κ3) is 6.20. The fraction of sp³-hybridized carbons (Fsp3) is 0.846. The summed E-state index contributed by atoms with van der Waals surface area (Å²) in [6.07, 6.45) is 5.75. The smallest absolute Gasteiger partial charge is 0.305 e. The van der Waals surface area contributed by atoms with Gasteiger partial charge in [-0.15, -0.1) is 0 Å². The number of cyclic esters (lactones) is 2. The molecule has 4 atom stereocenters. The van der Waals surface area contributed by atoms with Crippen LogP contribution in [-0.2, 0) is 19.1 Å². The molecule has 2 fully saturated rings.